The Kier molecular flexibility index (Phi) is 4.11. The van der Waals surface area contributed by atoms with E-state index in [4.69, 9.17) is 11.6 Å². The highest BCUT2D eigenvalue weighted by atomic mass is 35.5. The van der Waals surface area contributed by atoms with Crippen molar-refractivity contribution in [3.8, 4) is 0 Å². The van der Waals surface area contributed by atoms with E-state index in [1.165, 1.54) is 10.9 Å². The molecule has 1 aliphatic rings. The number of anilines is 2. The molecule has 1 aliphatic heterocycles. The van der Waals surface area contributed by atoms with Gasteiger partial charge in [-0.1, -0.05) is 23.7 Å². The van der Waals surface area contributed by atoms with Gasteiger partial charge in [-0.3, -0.25) is 14.3 Å². The lowest BCUT2D eigenvalue weighted by Crippen LogP contribution is -2.26. The van der Waals surface area contributed by atoms with Crippen molar-refractivity contribution in [3.05, 3.63) is 41.7 Å². The Morgan fingerprint density at radius 1 is 1.36 bits per heavy atom. The van der Waals surface area contributed by atoms with Crippen LogP contribution >= 0.6 is 11.6 Å². The van der Waals surface area contributed by atoms with Crippen LogP contribution in [0.2, 0.25) is 5.02 Å². The molecule has 0 unspecified atom stereocenters. The van der Waals surface area contributed by atoms with Gasteiger partial charge in [0.1, 0.15) is 6.54 Å². The quantitative estimate of drug-likeness (QED) is 0.940. The monoisotopic (exact) mass is 318 g/mol. The van der Waals surface area contributed by atoms with Crippen molar-refractivity contribution < 1.29 is 9.59 Å². The van der Waals surface area contributed by atoms with E-state index in [0.717, 1.165) is 12.1 Å². The zero-order valence-corrected chi connectivity index (χ0v) is 12.6. The van der Waals surface area contributed by atoms with Crippen molar-refractivity contribution in [3.63, 3.8) is 0 Å². The van der Waals surface area contributed by atoms with Crippen LogP contribution in [0.3, 0.4) is 0 Å². The SMILES string of the molecule is O=C(Cn1cc(Cl)cn1)Nc1ccccc1N1CCCC1=O. The standard InChI is InChI=1S/C15H15ClN4O2/c16-11-8-17-19(9-11)10-14(21)18-12-4-1-2-5-13(12)20-7-3-6-15(20)22/h1-2,4-5,8-9H,3,6-7,10H2,(H,18,21). The summed E-state index contributed by atoms with van der Waals surface area (Å²) in [6.07, 6.45) is 4.45. The maximum atomic E-state index is 12.1. The first-order valence-electron chi connectivity index (χ1n) is 7.01. The van der Waals surface area contributed by atoms with Gasteiger partial charge in [0.2, 0.25) is 11.8 Å². The minimum Gasteiger partial charge on any atom is -0.323 e. The summed E-state index contributed by atoms with van der Waals surface area (Å²) in [6.45, 7) is 0.746. The van der Waals surface area contributed by atoms with Gasteiger partial charge in [0.15, 0.2) is 0 Å². The molecule has 7 heteroatoms. The van der Waals surface area contributed by atoms with Gasteiger partial charge < -0.3 is 10.2 Å². The van der Waals surface area contributed by atoms with Gasteiger partial charge in [-0.05, 0) is 18.6 Å². The lowest BCUT2D eigenvalue weighted by atomic mass is 10.2. The average molecular weight is 319 g/mol. The third-order valence-corrected chi connectivity index (χ3v) is 3.64. The lowest BCUT2D eigenvalue weighted by Gasteiger charge is -2.19. The fraction of sp³-hybridized carbons (Fsp3) is 0.267. The van der Waals surface area contributed by atoms with Gasteiger partial charge in [-0.2, -0.15) is 5.10 Å². The first kappa shape index (κ1) is 14.6. The summed E-state index contributed by atoms with van der Waals surface area (Å²) < 4.78 is 1.46. The first-order valence-corrected chi connectivity index (χ1v) is 7.38. The maximum absolute atomic E-state index is 12.1. The normalized spacial score (nSPS) is 14.4. The van der Waals surface area contributed by atoms with Crippen LogP contribution in [0.5, 0.6) is 0 Å². The summed E-state index contributed by atoms with van der Waals surface area (Å²) in [5.41, 5.74) is 1.36. The topological polar surface area (TPSA) is 67.2 Å². The smallest absolute Gasteiger partial charge is 0.246 e. The molecular weight excluding hydrogens is 304 g/mol. The second-order valence-electron chi connectivity index (χ2n) is 5.07. The number of amides is 2. The number of carbonyl (C=O) groups is 2. The van der Waals surface area contributed by atoms with Crippen molar-refractivity contribution in [1.29, 1.82) is 0 Å². The summed E-state index contributed by atoms with van der Waals surface area (Å²) in [6, 6.07) is 7.30. The van der Waals surface area contributed by atoms with Gasteiger partial charge in [0.25, 0.3) is 0 Å². The molecule has 1 aromatic heterocycles. The Bertz CT molecular complexity index is 713. The summed E-state index contributed by atoms with van der Waals surface area (Å²) in [5.74, 6) is -0.139. The molecule has 22 heavy (non-hydrogen) atoms. The average Bonchev–Trinajstić information content (AvgIpc) is 3.08. The number of carbonyl (C=O) groups excluding carboxylic acids is 2. The van der Waals surface area contributed by atoms with Crippen LogP contribution in [-0.2, 0) is 16.1 Å². The van der Waals surface area contributed by atoms with Crippen LogP contribution in [-0.4, -0.2) is 28.1 Å². The number of para-hydroxylation sites is 2. The molecule has 0 bridgehead atoms. The Balaban J connectivity index is 1.74. The van der Waals surface area contributed by atoms with Crippen molar-refractivity contribution in [2.45, 2.75) is 19.4 Å². The van der Waals surface area contributed by atoms with Gasteiger partial charge in [0.05, 0.1) is 22.6 Å². The van der Waals surface area contributed by atoms with Crippen molar-refractivity contribution >= 4 is 34.8 Å². The molecule has 114 valence electrons. The lowest BCUT2D eigenvalue weighted by molar-refractivity contribution is -0.118. The molecule has 1 fully saturated rings. The molecule has 3 rings (SSSR count). The fourth-order valence-corrected chi connectivity index (χ4v) is 2.64. The van der Waals surface area contributed by atoms with Crippen molar-refractivity contribution in [2.24, 2.45) is 0 Å². The minimum atomic E-state index is -0.223. The third kappa shape index (κ3) is 3.12. The fourth-order valence-electron chi connectivity index (χ4n) is 2.48. The highest BCUT2D eigenvalue weighted by Gasteiger charge is 2.24. The summed E-state index contributed by atoms with van der Waals surface area (Å²) in [5, 5.41) is 7.28. The second-order valence-corrected chi connectivity index (χ2v) is 5.51. The molecule has 1 saturated heterocycles. The van der Waals surface area contributed by atoms with E-state index in [1.54, 1.807) is 17.2 Å². The van der Waals surface area contributed by atoms with Crippen LogP contribution in [0, 0.1) is 0 Å². The van der Waals surface area contributed by atoms with Crippen LogP contribution in [0.25, 0.3) is 0 Å². The molecule has 2 heterocycles. The van der Waals surface area contributed by atoms with Crippen molar-refractivity contribution in [2.75, 3.05) is 16.8 Å². The van der Waals surface area contributed by atoms with Gasteiger partial charge >= 0.3 is 0 Å². The number of nitrogens with one attached hydrogen (secondary N) is 1. The summed E-state index contributed by atoms with van der Waals surface area (Å²) in [7, 11) is 0. The minimum absolute atomic E-state index is 0.0645. The largest absolute Gasteiger partial charge is 0.323 e. The van der Waals surface area contributed by atoms with Crippen molar-refractivity contribution in [1.82, 2.24) is 9.78 Å². The van der Waals surface area contributed by atoms with Crippen LogP contribution in [0.4, 0.5) is 11.4 Å². The highest BCUT2D eigenvalue weighted by Crippen LogP contribution is 2.29. The molecule has 2 amide bonds. The molecule has 0 atom stereocenters. The molecule has 1 N–H and O–H groups in total. The Labute approximate surface area is 132 Å². The Hall–Kier alpha value is -2.34. The molecule has 1 aromatic carbocycles. The van der Waals surface area contributed by atoms with Crippen LogP contribution in [0.1, 0.15) is 12.8 Å². The predicted molar refractivity (Wildman–Crippen MR) is 83.9 cm³/mol. The number of hydrogen-bond acceptors (Lipinski definition) is 3. The summed E-state index contributed by atoms with van der Waals surface area (Å²) in [4.78, 5) is 25.7. The number of halogens is 1. The molecule has 0 spiro atoms. The number of rotatable bonds is 4. The van der Waals surface area contributed by atoms with Gasteiger partial charge in [-0.15, -0.1) is 0 Å². The van der Waals surface area contributed by atoms with E-state index >= 15 is 0 Å². The third-order valence-electron chi connectivity index (χ3n) is 3.45. The zero-order chi connectivity index (χ0) is 15.5. The zero-order valence-electron chi connectivity index (χ0n) is 11.8. The predicted octanol–water partition coefficient (Wildman–Crippen LogP) is 2.30. The highest BCUT2D eigenvalue weighted by molar-refractivity contribution is 6.30. The molecular formula is C15H15ClN4O2. The maximum Gasteiger partial charge on any atom is 0.246 e. The molecule has 2 aromatic rings. The van der Waals surface area contributed by atoms with Gasteiger partial charge in [0, 0.05) is 19.2 Å². The Morgan fingerprint density at radius 3 is 2.86 bits per heavy atom. The molecule has 0 aliphatic carbocycles. The Morgan fingerprint density at radius 2 is 2.18 bits per heavy atom. The molecule has 6 nitrogen and oxygen atoms in total. The molecule has 0 radical (unpaired) electrons. The number of aromatic nitrogens is 2. The number of benzene rings is 1. The molecule has 0 saturated carbocycles. The van der Waals surface area contributed by atoms with E-state index in [0.29, 0.717) is 23.7 Å². The van der Waals surface area contributed by atoms with E-state index in [9.17, 15) is 9.59 Å². The van der Waals surface area contributed by atoms with E-state index in [2.05, 4.69) is 10.4 Å². The van der Waals surface area contributed by atoms with E-state index in [1.807, 2.05) is 18.2 Å². The van der Waals surface area contributed by atoms with Crippen LogP contribution < -0.4 is 10.2 Å². The summed E-state index contributed by atoms with van der Waals surface area (Å²) >= 11 is 5.77. The number of hydrogen-bond donors (Lipinski definition) is 1. The first-order chi connectivity index (χ1) is 10.6. The van der Waals surface area contributed by atoms with Gasteiger partial charge in [-0.25, -0.2) is 0 Å². The van der Waals surface area contributed by atoms with Crippen LogP contribution in [0.15, 0.2) is 36.7 Å². The second kappa shape index (κ2) is 6.19. The van der Waals surface area contributed by atoms with E-state index in [-0.39, 0.29) is 18.4 Å². The van der Waals surface area contributed by atoms with E-state index < -0.39 is 0 Å². The number of nitrogens with zero attached hydrogens (tertiary/aromatic N) is 3.